The standard InChI is InChI=1S/C12H14O5S/c1-15-7-4-9(16-2)8(10(5-7)17-3)6-11(18)12(13)14/h4-5H,6H2,1-3H3,(H,13,14). The molecular formula is C12H14O5S. The van der Waals surface area contributed by atoms with Gasteiger partial charge < -0.3 is 19.3 Å². The third kappa shape index (κ3) is 3.10. The highest BCUT2D eigenvalue weighted by molar-refractivity contribution is 7.82. The molecule has 0 fully saturated rings. The summed E-state index contributed by atoms with van der Waals surface area (Å²) >= 11 is 4.79. The molecule has 0 saturated heterocycles. The molecule has 6 heteroatoms. The number of rotatable bonds is 6. The molecule has 1 aromatic carbocycles. The van der Waals surface area contributed by atoms with Crippen LogP contribution < -0.4 is 14.2 Å². The van der Waals surface area contributed by atoms with Crippen molar-refractivity contribution in [1.82, 2.24) is 0 Å². The Kier molecular flexibility index (Phi) is 4.91. The molecule has 18 heavy (non-hydrogen) atoms. The van der Waals surface area contributed by atoms with Gasteiger partial charge in [-0.1, -0.05) is 12.2 Å². The zero-order valence-electron chi connectivity index (χ0n) is 10.4. The van der Waals surface area contributed by atoms with Gasteiger partial charge >= 0.3 is 5.97 Å². The Morgan fingerprint density at radius 2 is 1.67 bits per heavy atom. The molecule has 0 aliphatic rings. The van der Waals surface area contributed by atoms with Crippen LogP contribution in [0.3, 0.4) is 0 Å². The van der Waals surface area contributed by atoms with E-state index in [1.807, 2.05) is 0 Å². The molecule has 0 unspecified atom stereocenters. The molecule has 1 rings (SSSR count). The smallest absolute Gasteiger partial charge is 0.342 e. The van der Waals surface area contributed by atoms with Crippen molar-refractivity contribution in [2.45, 2.75) is 6.42 Å². The van der Waals surface area contributed by atoms with Crippen molar-refractivity contribution in [3.05, 3.63) is 17.7 Å². The van der Waals surface area contributed by atoms with Crippen molar-refractivity contribution in [3.8, 4) is 17.2 Å². The van der Waals surface area contributed by atoms with Gasteiger partial charge in [-0.2, -0.15) is 0 Å². The van der Waals surface area contributed by atoms with E-state index >= 15 is 0 Å². The summed E-state index contributed by atoms with van der Waals surface area (Å²) in [6.07, 6.45) is 0.0704. The number of carbonyl (C=O) groups is 1. The zero-order chi connectivity index (χ0) is 13.7. The van der Waals surface area contributed by atoms with Crippen molar-refractivity contribution in [2.75, 3.05) is 21.3 Å². The van der Waals surface area contributed by atoms with Crippen LogP contribution in [0.25, 0.3) is 0 Å². The summed E-state index contributed by atoms with van der Waals surface area (Å²) in [5.41, 5.74) is 0.591. The summed E-state index contributed by atoms with van der Waals surface area (Å²) in [6, 6.07) is 3.31. The number of ether oxygens (including phenoxy) is 3. The van der Waals surface area contributed by atoms with Crippen LogP contribution in [0.4, 0.5) is 0 Å². The Morgan fingerprint density at radius 1 is 1.17 bits per heavy atom. The first-order valence-corrected chi connectivity index (χ1v) is 5.49. The molecule has 1 aromatic rings. The molecule has 0 amide bonds. The third-order valence-corrected chi connectivity index (χ3v) is 2.71. The Morgan fingerprint density at radius 3 is 2.00 bits per heavy atom. The highest BCUT2D eigenvalue weighted by Gasteiger charge is 2.17. The summed E-state index contributed by atoms with van der Waals surface area (Å²) in [5, 5.41) is 8.82. The van der Waals surface area contributed by atoms with E-state index in [0.717, 1.165) is 0 Å². The van der Waals surface area contributed by atoms with Crippen molar-refractivity contribution in [2.24, 2.45) is 0 Å². The van der Waals surface area contributed by atoms with E-state index in [1.165, 1.54) is 21.3 Å². The molecule has 0 atom stereocenters. The number of carboxylic acid groups (broad SMARTS) is 1. The Hall–Kier alpha value is -1.82. The second-order valence-electron chi connectivity index (χ2n) is 3.42. The number of methoxy groups -OCH3 is 3. The lowest BCUT2D eigenvalue weighted by molar-refractivity contribution is -0.129. The molecule has 98 valence electrons. The van der Waals surface area contributed by atoms with Crippen LogP contribution in [0, 0.1) is 0 Å². The van der Waals surface area contributed by atoms with Gasteiger partial charge in [-0.05, 0) is 0 Å². The van der Waals surface area contributed by atoms with Crippen molar-refractivity contribution < 1.29 is 24.1 Å². The lowest BCUT2D eigenvalue weighted by atomic mass is 10.1. The molecule has 0 heterocycles. The molecule has 0 aromatic heterocycles. The van der Waals surface area contributed by atoms with E-state index in [1.54, 1.807) is 12.1 Å². The number of hydrogen-bond acceptors (Lipinski definition) is 5. The molecule has 0 spiro atoms. The van der Waals surface area contributed by atoms with Gasteiger partial charge in [0.05, 0.1) is 21.3 Å². The fourth-order valence-corrected chi connectivity index (χ4v) is 1.63. The van der Waals surface area contributed by atoms with Gasteiger partial charge in [-0.15, -0.1) is 0 Å². The van der Waals surface area contributed by atoms with Crippen LogP contribution in [0.5, 0.6) is 17.2 Å². The topological polar surface area (TPSA) is 65.0 Å². The van der Waals surface area contributed by atoms with E-state index in [4.69, 9.17) is 31.5 Å². The van der Waals surface area contributed by atoms with E-state index in [9.17, 15) is 4.79 Å². The van der Waals surface area contributed by atoms with Gasteiger partial charge in [0, 0.05) is 24.1 Å². The van der Waals surface area contributed by atoms with Crippen LogP contribution in [0.1, 0.15) is 5.56 Å². The largest absolute Gasteiger partial charge is 0.496 e. The Balaban J connectivity index is 3.22. The van der Waals surface area contributed by atoms with Crippen LogP contribution in [0.15, 0.2) is 12.1 Å². The lowest BCUT2D eigenvalue weighted by Gasteiger charge is -2.14. The maximum Gasteiger partial charge on any atom is 0.342 e. The normalized spacial score (nSPS) is 9.72. The maximum absolute atomic E-state index is 10.8. The molecule has 0 radical (unpaired) electrons. The number of thiocarbonyl (C=S) groups is 1. The van der Waals surface area contributed by atoms with Crippen molar-refractivity contribution in [1.29, 1.82) is 0 Å². The van der Waals surface area contributed by atoms with Gasteiger partial charge in [0.2, 0.25) is 0 Å². The monoisotopic (exact) mass is 270 g/mol. The summed E-state index contributed by atoms with van der Waals surface area (Å²) in [7, 11) is 4.50. The summed E-state index contributed by atoms with van der Waals surface area (Å²) in [5.74, 6) is 0.406. The SMILES string of the molecule is COc1cc(OC)c(CC(=S)C(=O)O)c(OC)c1. The van der Waals surface area contributed by atoms with Crippen LogP contribution >= 0.6 is 12.2 Å². The minimum Gasteiger partial charge on any atom is -0.496 e. The average molecular weight is 270 g/mol. The van der Waals surface area contributed by atoms with E-state index in [2.05, 4.69) is 0 Å². The van der Waals surface area contributed by atoms with E-state index in [-0.39, 0.29) is 11.3 Å². The number of aliphatic carboxylic acids is 1. The lowest BCUT2D eigenvalue weighted by Crippen LogP contribution is -2.14. The molecule has 1 N–H and O–H groups in total. The maximum atomic E-state index is 10.8. The first-order valence-electron chi connectivity index (χ1n) is 5.08. The van der Waals surface area contributed by atoms with Crippen molar-refractivity contribution in [3.63, 3.8) is 0 Å². The van der Waals surface area contributed by atoms with Gasteiger partial charge in [-0.3, -0.25) is 0 Å². The summed E-state index contributed by atoms with van der Waals surface area (Å²) in [4.78, 5) is 10.7. The first kappa shape index (κ1) is 14.2. The number of hydrogen-bond donors (Lipinski definition) is 1. The van der Waals surface area contributed by atoms with Crippen LogP contribution in [-0.2, 0) is 11.2 Å². The van der Waals surface area contributed by atoms with Gasteiger partial charge in [-0.25, -0.2) is 4.79 Å². The highest BCUT2D eigenvalue weighted by Crippen LogP contribution is 2.34. The molecular weight excluding hydrogens is 256 g/mol. The first-order chi connectivity index (χ1) is 8.53. The molecule has 0 aliphatic heterocycles. The van der Waals surface area contributed by atoms with E-state index < -0.39 is 5.97 Å². The van der Waals surface area contributed by atoms with Crippen LogP contribution in [0.2, 0.25) is 0 Å². The Labute approximate surface area is 110 Å². The van der Waals surface area contributed by atoms with Gasteiger partial charge in [0.25, 0.3) is 0 Å². The fraction of sp³-hybridized carbons (Fsp3) is 0.333. The summed E-state index contributed by atoms with van der Waals surface area (Å²) in [6.45, 7) is 0. The van der Waals surface area contributed by atoms with Gasteiger partial charge in [0.15, 0.2) is 0 Å². The van der Waals surface area contributed by atoms with Gasteiger partial charge in [0.1, 0.15) is 22.1 Å². The molecule has 0 bridgehead atoms. The second-order valence-corrected chi connectivity index (χ2v) is 3.91. The molecule has 0 aliphatic carbocycles. The molecule has 5 nitrogen and oxygen atoms in total. The second kappa shape index (κ2) is 6.20. The fourth-order valence-electron chi connectivity index (χ4n) is 1.49. The van der Waals surface area contributed by atoms with Crippen LogP contribution in [-0.4, -0.2) is 37.3 Å². The van der Waals surface area contributed by atoms with Crippen molar-refractivity contribution >= 4 is 23.1 Å². The molecule has 0 saturated carbocycles. The summed E-state index contributed by atoms with van der Waals surface area (Å²) < 4.78 is 15.5. The number of benzene rings is 1. The predicted molar refractivity (Wildman–Crippen MR) is 70.0 cm³/mol. The quantitative estimate of drug-likeness (QED) is 0.794. The average Bonchev–Trinajstić information content (AvgIpc) is 2.38. The number of carboxylic acids is 1. The Bertz CT molecular complexity index is 445. The third-order valence-electron chi connectivity index (χ3n) is 2.39. The minimum atomic E-state index is -1.12. The van der Waals surface area contributed by atoms with E-state index in [0.29, 0.717) is 22.8 Å². The zero-order valence-corrected chi connectivity index (χ0v) is 11.2. The minimum absolute atomic E-state index is 0.0704. The highest BCUT2D eigenvalue weighted by atomic mass is 32.1. The predicted octanol–water partition coefficient (Wildman–Crippen LogP) is 1.71.